The topological polar surface area (TPSA) is 102 Å². The molecule has 0 amide bonds. The average molecular weight is 378 g/mol. The van der Waals surface area contributed by atoms with Crippen molar-refractivity contribution in [1.29, 1.82) is 5.26 Å². The van der Waals surface area contributed by atoms with E-state index in [1.807, 2.05) is 12.1 Å². The van der Waals surface area contributed by atoms with Crippen molar-refractivity contribution in [2.75, 3.05) is 6.61 Å². The van der Waals surface area contributed by atoms with Crippen LogP contribution in [0.4, 0.5) is 5.69 Å². The Morgan fingerprint density at radius 3 is 2.50 bits per heavy atom. The molecule has 0 radical (unpaired) electrons. The first-order valence-electron chi connectivity index (χ1n) is 8.82. The van der Waals surface area contributed by atoms with Gasteiger partial charge in [-0.25, -0.2) is 4.79 Å². The number of nitro groups is 1. The second-order valence-corrected chi connectivity index (χ2v) is 6.29. The zero-order chi connectivity index (χ0) is 20.1. The first kappa shape index (κ1) is 19.1. The smallest absolute Gasteiger partial charge is 0.337 e. The van der Waals surface area contributed by atoms with Gasteiger partial charge in [0.05, 0.1) is 28.7 Å². The van der Waals surface area contributed by atoms with Gasteiger partial charge in [-0.3, -0.25) is 10.1 Å². The van der Waals surface area contributed by atoms with Gasteiger partial charge in [-0.1, -0.05) is 12.1 Å². The molecule has 7 heteroatoms. The highest BCUT2D eigenvalue weighted by Crippen LogP contribution is 2.35. The number of hydrogen-bond acceptors (Lipinski definition) is 6. The van der Waals surface area contributed by atoms with Crippen molar-refractivity contribution in [2.24, 2.45) is 0 Å². The molecule has 1 atom stereocenters. The first-order chi connectivity index (χ1) is 13.5. The molecule has 1 heterocycles. The Balaban J connectivity index is 1.83. The Labute approximate surface area is 162 Å². The second kappa shape index (κ2) is 8.35. The first-order valence-corrected chi connectivity index (χ1v) is 8.82. The van der Waals surface area contributed by atoms with E-state index in [9.17, 15) is 14.9 Å². The number of nitriles is 1. The molecule has 2 aromatic rings. The molecule has 0 bridgehead atoms. The summed E-state index contributed by atoms with van der Waals surface area (Å²) in [6, 6.07) is 15.2. The number of non-ortho nitro benzene ring substituents is 1. The summed E-state index contributed by atoms with van der Waals surface area (Å²) in [5.74, 6) is -0.0508. The lowest BCUT2D eigenvalue weighted by Gasteiger charge is -2.13. The minimum absolute atomic E-state index is 0.0332. The number of carbonyl (C=O) groups is 1. The lowest BCUT2D eigenvalue weighted by atomic mass is 10.0. The van der Waals surface area contributed by atoms with Gasteiger partial charge in [-0.05, 0) is 36.8 Å². The second-order valence-electron chi connectivity index (χ2n) is 6.29. The molecule has 3 rings (SSSR count). The Kier molecular flexibility index (Phi) is 5.70. The molecule has 0 saturated heterocycles. The van der Waals surface area contributed by atoms with Crippen LogP contribution in [0.1, 0.15) is 30.0 Å². The van der Waals surface area contributed by atoms with Crippen LogP contribution in [-0.2, 0) is 20.7 Å². The lowest BCUT2D eigenvalue weighted by Crippen LogP contribution is -2.12. The highest BCUT2D eigenvalue weighted by Gasteiger charge is 2.32. The summed E-state index contributed by atoms with van der Waals surface area (Å²) < 4.78 is 11.2. The largest absolute Gasteiger partial charge is 0.489 e. The van der Waals surface area contributed by atoms with Crippen LogP contribution < -0.4 is 0 Å². The zero-order valence-electron chi connectivity index (χ0n) is 15.3. The maximum absolute atomic E-state index is 12.4. The van der Waals surface area contributed by atoms with Crippen molar-refractivity contribution >= 4 is 17.4 Å². The molecule has 2 aromatic carbocycles. The molecule has 1 aliphatic heterocycles. The maximum atomic E-state index is 12.4. The number of nitrogens with zero attached hydrogens (tertiary/aromatic N) is 2. The third-order valence-corrected chi connectivity index (χ3v) is 4.40. The van der Waals surface area contributed by atoms with E-state index in [0.717, 1.165) is 5.56 Å². The van der Waals surface area contributed by atoms with Gasteiger partial charge in [0.15, 0.2) is 0 Å². The van der Waals surface area contributed by atoms with Gasteiger partial charge >= 0.3 is 5.97 Å². The van der Waals surface area contributed by atoms with Gasteiger partial charge in [0.2, 0.25) is 0 Å². The third-order valence-electron chi connectivity index (χ3n) is 4.40. The van der Waals surface area contributed by atoms with Crippen LogP contribution in [0.25, 0.3) is 5.76 Å². The Bertz CT molecular complexity index is 956. The van der Waals surface area contributed by atoms with Gasteiger partial charge in [0, 0.05) is 30.5 Å². The van der Waals surface area contributed by atoms with Crippen molar-refractivity contribution in [3.63, 3.8) is 0 Å². The van der Waals surface area contributed by atoms with Crippen LogP contribution in [0.2, 0.25) is 0 Å². The number of ether oxygens (including phenoxy) is 2. The molecule has 28 heavy (non-hydrogen) atoms. The summed E-state index contributed by atoms with van der Waals surface area (Å²) in [6.45, 7) is 1.98. The van der Waals surface area contributed by atoms with Crippen LogP contribution >= 0.6 is 0 Å². The van der Waals surface area contributed by atoms with Crippen LogP contribution in [0.5, 0.6) is 0 Å². The van der Waals surface area contributed by atoms with Crippen LogP contribution in [0.3, 0.4) is 0 Å². The summed E-state index contributed by atoms with van der Waals surface area (Å²) in [7, 11) is 0. The minimum atomic E-state index is -0.479. The summed E-state index contributed by atoms with van der Waals surface area (Å²) in [6.07, 6.45) is 0.675. The monoisotopic (exact) mass is 378 g/mol. The van der Waals surface area contributed by atoms with Crippen molar-refractivity contribution in [3.05, 3.63) is 80.9 Å². The number of nitro benzene ring substituents is 1. The summed E-state index contributed by atoms with van der Waals surface area (Å²) in [5, 5.41) is 19.8. The quantitative estimate of drug-likeness (QED) is 0.431. The molecule has 0 spiro atoms. The molecule has 0 aromatic heterocycles. The van der Waals surface area contributed by atoms with Crippen molar-refractivity contribution in [3.8, 4) is 6.07 Å². The highest BCUT2D eigenvalue weighted by atomic mass is 16.6. The van der Waals surface area contributed by atoms with Crippen LogP contribution in [-0.4, -0.2) is 23.6 Å². The number of rotatable bonds is 6. The van der Waals surface area contributed by atoms with Crippen molar-refractivity contribution in [1.82, 2.24) is 0 Å². The van der Waals surface area contributed by atoms with Crippen LogP contribution in [0.15, 0.2) is 54.1 Å². The number of benzene rings is 2. The third kappa shape index (κ3) is 4.18. The van der Waals surface area contributed by atoms with E-state index in [1.54, 1.807) is 31.2 Å². The Hall–Kier alpha value is -3.66. The van der Waals surface area contributed by atoms with Gasteiger partial charge in [-0.15, -0.1) is 0 Å². The minimum Gasteiger partial charge on any atom is -0.489 e. The SMILES string of the molecule is CCOC(=O)C1=C(c2ccc([N+](=O)[O-])cc2)OC(Cc2ccc(C#N)cc2)C1. The molecular formula is C21H18N2O5. The van der Waals surface area contributed by atoms with Crippen molar-refractivity contribution in [2.45, 2.75) is 25.9 Å². The maximum Gasteiger partial charge on any atom is 0.337 e. The van der Waals surface area contributed by atoms with Crippen molar-refractivity contribution < 1.29 is 19.2 Å². The number of esters is 1. The van der Waals surface area contributed by atoms with E-state index in [1.165, 1.54) is 12.1 Å². The predicted octanol–water partition coefficient (Wildman–Crippen LogP) is 3.77. The Morgan fingerprint density at radius 1 is 1.25 bits per heavy atom. The average Bonchev–Trinajstić information content (AvgIpc) is 3.13. The number of hydrogen-bond donors (Lipinski definition) is 0. The van der Waals surface area contributed by atoms with E-state index in [-0.39, 0.29) is 18.4 Å². The standard InChI is InChI=1S/C21H18N2O5/c1-2-27-21(24)19-12-18(11-14-3-5-15(13-22)6-4-14)28-20(19)16-7-9-17(10-8-16)23(25)26/h3-10,18H,2,11-12H2,1H3. The molecule has 7 nitrogen and oxygen atoms in total. The Morgan fingerprint density at radius 2 is 1.93 bits per heavy atom. The highest BCUT2D eigenvalue weighted by molar-refractivity contribution is 5.97. The molecular weight excluding hydrogens is 360 g/mol. The zero-order valence-corrected chi connectivity index (χ0v) is 15.3. The fourth-order valence-corrected chi connectivity index (χ4v) is 3.06. The summed E-state index contributed by atoms with van der Waals surface area (Å²) in [5.41, 5.74) is 2.55. The van der Waals surface area contributed by atoms with Gasteiger partial charge in [0.1, 0.15) is 11.9 Å². The molecule has 1 aliphatic rings. The molecule has 142 valence electrons. The molecule has 0 fully saturated rings. The fourth-order valence-electron chi connectivity index (χ4n) is 3.06. The molecule has 0 aliphatic carbocycles. The van der Waals surface area contributed by atoms with E-state index in [0.29, 0.717) is 35.3 Å². The van der Waals surface area contributed by atoms with E-state index < -0.39 is 10.9 Å². The lowest BCUT2D eigenvalue weighted by molar-refractivity contribution is -0.384. The fraction of sp³-hybridized carbons (Fsp3) is 0.238. The van der Waals surface area contributed by atoms with E-state index in [2.05, 4.69) is 6.07 Å². The van der Waals surface area contributed by atoms with Crippen LogP contribution in [0, 0.1) is 21.4 Å². The van der Waals surface area contributed by atoms with Gasteiger partial charge in [-0.2, -0.15) is 5.26 Å². The molecule has 1 unspecified atom stereocenters. The van der Waals surface area contributed by atoms with Gasteiger partial charge < -0.3 is 9.47 Å². The molecule has 0 N–H and O–H groups in total. The normalized spacial score (nSPS) is 15.6. The van der Waals surface area contributed by atoms with Gasteiger partial charge in [0.25, 0.3) is 5.69 Å². The summed E-state index contributed by atoms with van der Waals surface area (Å²) >= 11 is 0. The predicted molar refractivity (Wildman–Crippen MR) is 101 cm³/mol. The summed E-state index contributed by atoms with van der Waals surface area (Å²) in [4.78, 5) is 22.8. The molecule has 0 saturated carbocycles. The van der Waals surface area contributed by atoms with E-state index in [4.69, 9.17) is 14.7 Å². The van der Waals surface area contributed by atoms with E-state index >= 15 is 0 Å². The number of carbonyl (C=O) groups excluding carboxylic acids is 1.